The Morgan fingerprint density at radius 2 is 2.24 bits per heavy atom. The number of aromatic nitrogens is 1. The van der Waals surface area contributed by atoms with Crippen molar-refractivity contribution in [2.45, 2.75) is 12.8 Å². The average molecular weight is 285 g/mol. The molecule has 1 fully saturated rings. The molecule has 0 aliphatic carbocycles. The fraction of sp³-hybridized carbons (Fsp3) is 0.375. The third-order valence-corrected chi connectivity index (χ3v) is 4.05. The van der Waals surface area contributed by atoms with Crippen molar-refractivity contribution >= 4 is 22.5 Å². The van der Waals surface area contributed by atoms with Gasteiger partial charge < -0.3 is 15.7 Å². The molecule has 0 bridgehead atoms. The van der Waals surface area contributed by atoms with Crippen LogP contribution in [0.15, 0.2) is 30.3 Å². The summed E-state index contributed by atoms with van der Waals surface area (Å²) >= 11 is 0. The van der Waals surface area contributed by atoms with Crippen molar-refractivity contribution in [2.24, 2.45) is 5.92 Å². The Morgan fingerprint density at radius 1 is 1.43 bits per heavy atom. The van der Waals surface area contributed by atoms with Crippen molar-refractivity contribution in [3.8, 4) is 0 Å². The lowest BCUT2D eigenvalue weighted by Gasteiger charge is -2.31. The van der Waals surface area contributed by atoms with E-state index in [4.69, 9.17) is 5.73 Å². The van der Waals surface area contributed by atoms with Crippen LogP contribution in [0, 0.1) is 5.92 Å². The Labute approximate surface area is 123 Å². The fourth-order valence-electron chi connectivity index (χ4n) is 2.90. The van der Waals surface area contributed by atoms with Crippen molar-refractivity contribution in [1.29, 1.82) is 0 Å². The Balaban J connectivity index is 1.91. The van der Waals surface area contributed by atoms with Gasteiger partial charge in [0.2, 0.25) is 0 Å². The molecule has 1 aromatic heterocycles. The number of fused-ring (bicyclic) bond motifs is 1. The molecule has 110 valence electrons. The maximum atomic E-state index is 12.6. The number of benzene rings is 1. The molecule has 3 N–H and O–H groups in total. The lowest BCUT2D eigenvalue weighted by molar-refractivity contribution is 0.0615. The van der Waals surface area contributed by atoms with Gasteiger partial charge in [-0.1, -0.05) is 24.3 Å². The Morgan fingerprint density at radius 3 is 3.05 bits per heavy atom. The summed E-state index contributed by atoms with van der Waals surface area (Å²) in [7, 11) is 0. The first-order valence-electron chi connectivity index (χ1n) is 7.24. The van der Waals surface area contributed by atoms with E-state index in [1.54, 1.807) is 11.0 Å². The molecule has 21 heavy (non-hydrogen) atoms. The van der Waals surface area contributed by atoms with Gasteiger partial charge in [0.05, 0.1) is 0 Å². The molecule has 0 spiro atoms. The number of nitrogens with zero attached hydrogens (tertiary/aromatic N) is 2. The van der Waals surface area contributed by atoms with Gasteiger partial charge in [0.15, 0.2) is 0 Å². The molecule has 2 aromatic rings. The van der Waals surface area contributed by atoms with Crippen molar-refractivity contribution in [3.05, 3.63) is 36.0 Å². The second-order valence-corrected chi connectivity index (χ2v) is 5.56. The van der Waals surface area contributed by atoms with E-state index in [1.807, 2.05) is 24.3 Å². The highest BCUT2D eigenvalue weighted by molar-refractivity contribution is 5.99. The Hall–Kier alpha value is -2.14. The van der Waals surface area contributed by atoms with E-state index in [-0.39, 0.29) is 18.4 Å². The molecule has 5 nitrogen and oxygen atoms in total. The quantitative estimate of drug-likeness (QED) is 0.879. The third kappa shape index (κ3) is 2.69. The number of rotatable bonds is 2. The van der Waals surface area contributed by atoms with Crippen LogP contribution in [0.5, 0.6) is 0 Å². The largest absolute Gasteiger partial charge is 0.396 e. The van der Waals surface area contributed by atoms with Gasteiger partial charge in [-0.3, -0.25) is 4.79 Å². The molecule has 1 amide bonds. The number of likely N-dealkylation sites (tertiary alicyclic amines) is 1. The lowest BCUT2D eigenvalue weighted by Crippen LogP contribution is -2.41. The fourth-order valence-corrected chi connectivity index (χ4v) is 2.90. The predicted molar refractivity (Wildman–Crippen MR) is 81.9 cm³/mol. The summed E-state index contributed by atoms with van der Waals surface area (Å²) in [6, 6.07) is 9.43. The second-order valence-electron chi connectivity index (χ2n) is 5.56. The summed E-state index contributed by atoms with van der Waals surface area (Å²) < 4.78 is 0. The van der Waals surface area contributed by atoms with Gasteiger partial charge in [-0.2, -0.15) is 0 Å². The first-order valence-corrected chi connectivity index (χ1v) is 7.24. The number of carbonyl (C=O) groups excluding carboxylic acids is 1. The number of piperidine rings is 1. The van der Waals surface area contributed by atoms with Crippen LogP contribution < -0.4 is 5.73 Å². The van der Waals surface area contributed by atoms with Crippen LogP contribution in [-0.2, 0) is 0 Å². The summed E-state index contributed by atoms with van der Waals surface area (Å²) in [6.45, 7) is 1.42. The van der Waals surface area contributed by atoms with E-state index >= 15 is 0 Å². The molecule has 1 aromatic carbocycles. The van der Waals surface area contributed by atoms with E-state index in [1.165, 1.54) is 0 Å². The van der Waals surface area contributed by atoms with Gasteiger partial charge in [-0.25, -0.2) is 4.98 Å². The smallest absolute Gasteiger partial charge is 0.272 e. The summed E-state index contributed by atoms with van der Waals surface area (Å²) in [6.07, 6.45) is 1.88. The second kappa shape index (κ2) is 5.69. The average Bonchev–Trinajstić information content (AvgIpc) is 2.54. The number of carbonyl (C=O) groups is 1. The Kier molecular flexibility index (Phi) is 3.75. The van der Waals surface area contributed by atoms with Gasteiger partial charge in [0.1, 0.15) is 11.5 Å². The summed E-state index contributed by atoms with van der Waals surface area (Å²) in [4.78, 5) is 18.6. The SMILES string of the molecule is Nc1nc(C(=O)N2CCCC(CO)C2)cc2ccccc12. The van der Waals surface area contributed by atoms with Crippen LogP contribution in [0.2, 0.25) is 0 Å². The summed E-state index contributed by atoms with van der Waals surface area (Å²) in [5, 5.41) is 11.1. The van der Waals surface area contributed by atoms with Crippen LogP contribution in [0.1, 0.15) is 23.3 Å². The minimum atomic E-state index is -0.106. The monoisotopic (exact) mass is 285 g/mol. The van der Waals surface area contributed by atoms with E-state index < -0.39 is 0 Å². The number of nitrogens with two attached hydrogens (primary N) is 1. The third-order valence-electron chi connectivity index (χ3n) is 4.05. The van der Waals surface area contributed by atoms with E-state index in [2.05, 4.69) is 4.98 Å². The maximum absolute atomic E-state index is 12.6. The van der Waals surface area contributed by atoms with Gasteiger partial charge >= 0.3 is 0 Å². The van der Waals surface area contributed by atoms with E-state index in [9.17, 15) is 9.90 Å². The zero-order valence-corrected chi connectivity index (χ0v) is 11.8. The van der Waals surface area contributed by atoms with Crippen LogP contribution in [0.3, 0.4) is 0 Å². The van der Waals surface area contributed by atoms with Gasteiger partial charge in [0, 0.05) is 25.1 Å². The predicted octanol–water partition coefficient (Wildman–Crippen LogP) is 1.66. The summed E-state index contributed by atoms with van der Waals surface area (Å²) in [5.74, 6) is 0.443. The van der Waals surface area contributed by atoms with Crippen LogP contribution >= 0.6 is 0 Å². The molecule has 2 heterocycles. The van der Waals surface area contributed by atoms with Crippen molar-refractivity contribution in [3.63, 3.8) is 0 Å². The molecule has 3 rings (SSSR count). The minimum absolute atomic E-state index is 0.106. The molecule has 1 aliphatic rings. The van der Waals surface area contributed by atoms with Crippen molar-refractivity contribution in [2.75, 3.05) is 25.4 Å². The molecule has 1 atom stereocenters. The van der Waals surface area contributed by atoms with Gasteiger partial charge in [-0.05, 0) is 30.2 Å². The molecule has 5 heteroatoms. The number of amides is 1. The molecular formula is C16H19N3O2. The number of pyridine rings is 1. The lowest BCUT2D eigenvalue weighted by atomic mass is 9.98. The van der Waals surface area contributed by atoms with Crippen molar-refractivity contribution < 1.29 is 9.90 Å². The number of hydrogen-bond donors (Lipinski definition) is 2. The van der Waals surface area contributed by atoms with Gasteiger partial charge in [0.25, 0.3) is 5.91 Å². The van der Waals surface area contributed by atoms with E-state index in [0.29, 0.717) is 24.6 Å². The van der Waals surface area contributed by atoms with E-state index in [0.717, 1.165) is 23.6 Å². The normalized spacial score (nSPS) is 18.9. The number of nitrogen functional groups attached to an aromatic ring is 1. The molecule has 1 saturated heterocycles. The minimum Gasteiger partial charge on any atom is -0.396 e. The summed E-state index contributed by atoms with van der Waals surface area (Å²) in [5.41, 5.74) is 6.34. The maximum Gasteiger partial charge on any atom is 0.272 e. The highest BCUT2D eigenvalue weighted by Crippen LogP contribution is 2.22. The van der Waals surface area contributed by atoms with Crippen LogP contribution in [0.4, 0.5) is 5.82 Å². The van der Waals surface area contributed by atoms with Crippen molar-refractivity contribution in [1.82, 2.24) is 9.88 Å². The highest BCUT2D eigenvalue weighted by Gasteiger charge is 2.25. The first-order chi connectivity index (χ1) is 10.2. The molecule has 0 saturated carbocycles. The molecule has 1 unspecified atom stereocenters. The highest BCUT2D eigenvalue weighted by atomic mass is 16.3. The first kappa shape index (κ1) is 13.8. The van der Waals surface area contributed by atoms with Gasteiger partial charge in [-0.15, -0.1) is 0 Å². The number of anilines is 1. The zero-order valence-electron chi connectivity index (χ0n) is 11.8. The number of hydrogen-bond acceptors (Lipinski definition) is 4. The molecule has 0 radical (unpaired) electrons. The molecular weight excluding hydrogens is 266 g/mol. The topological polar surface area (TPSA) is 79.5 Å². The Bertz CT molecular complexity index is 672. The molecule has 1 aliphatic heterocycles. The number of aliphatic hydroxyl groups is 1. The van der Waals surface area contributed by atoms with Crippen LogP contribution in [-0.4, -0.2) is 40.6 Å². The zero-order chi connectivity index (χ0) is 14.8. The number of aliphatic hydroxyl groups excluding tert-OH is 1. The standard InChI is InChI=1S/C16H19N3O2/c17-15-13-6-2-1-5-12(13)8-14(18-15)16(21)19-7-3-4-11(9-19)10-20/h1-2,5-6,8,11,20H,3-4,7,9-10H2,(H2,17,18). The van der Waals surface area contributed by atoms with Crippen LogP contribution in [0.25, 0.3) is 10.8 Å².